The molecule has 1 aliphatic rings. The van der Waals surface area contributed by atoms with Crippen molar-refractivity contribution in [1.82, 2.24) is 10.3 Å². The van der Waals surface area contributed by atoms with Gasteiger partial charge in [0.15, 0.2) is 0 Å². The van der Waals surface area contributed by atoms with Gasteiger partial charge in [-0.3, -0.25) is 9.59 Å². The van der Waals surface area contributed by atoms with Crippen molar-refractivity contribution in [2.45, 2.75) is 32.1 Å². The van der Waals surface area contributed by atoms with Crippen LogP contribution in [0.3, 0.4) is 0 Å². The lowest BCUT2D eigenvalue weighted by Crippen LogP contribution is -2.32. The van der Waals surface area contributed by atoms with Crippen molar-refractivity contribution in [3.8, 4) is 0 Å². The van der Waals surface area contributed by atoms with Gasteiger partial charge in [0.1, 0.15) is 5.69 Å². The van der Waals surface area contributed by atoms with Crippen molar-refractivity contribution in [2.24, 2.45) is 17.6 Å². The summed E-state index contributed by atoms with van der Waals surface area (Å²) in [4.78, 5) is 27.1. The molecule has 0 aromatic carbocycles. The molecule has 0 unspecified atom stereocenters. The molecule has 21 heavy (non-hydrogen) atoms. The Hall–Kier alpha value is -1.47. The number of hydrogen-bond donors (Lipinski definition) is 3. The van der Waals surface area contributed by atoms with E-state index in [4.69, 9.17) is 10.8 Å². The Morgan fingerprint density at radius 1 is 1.38 bits per heavy atom. The molecule has 0 saturated heterocycles. The second-order valence-corrected chi connectivity index (χ2v) is 6.37. The number of amides is 1. The zero-order chi connectivity index (χ0) is 15.2. The Balaban J connectivity index is 1.75. The molecule has 0 radical (unpaired) electrons. The number of nitrogens with two attached hydrogens (primary N) is 1. The van der Waals surface area contributed by atoms with Crippen LogP contribution in [0.4, 0.5) is 0 Å². The van der Waals surface area contributed by atoms with Crippen molar-refractivity contribution in [3.05, 3.63) is 16.1 Å². The van der Waals surface area contributed by atoms with Crippen LogP contribution in [0.25, 0.3) is 0 Å². The molecule has 1 heterocycles. The SMILES string of the molecule is NCCc1nc(C(=O)NCC2CCC(C(=O)O)CC2)cs1. The highest BCUT2D eigenvalue weighted by molar-refractivity contribution is 7.09. The first-order valence-corrected chi connectivity index (χ1v) is 8.13. The first-order chi connectivity index (χ1) is 10.1. The van der Waals surface area contributed by atoms with Gasteiger partial charge in [-0.05, 0) is 38.1 Å². The van der Waals surface area contributed by atoms with Crippen molar-refractivity contribution in [2.75, 3.05) is 13.1 Å². The molecule has 1 fully saturated rings. The Morgan fingerprint density at radius 2 is 2.10 bits per heavy atom. The molecule has 1 aromatic heterocycles. The Morgan fingerprint density at radius 3 is 2.71 bits per heavy atom. The van der Waals surface area contributed by atoms with Gasteiger partial charge in [0.2, 0.25) is 0 Å². The van der Waals surface area contributed by atoms with Crippen LogP contribution in [-0.4, -0.2) is 35.1 Å². The molecule has 1 aromatic rings. The Bertz CT molecular complexity index is 495. The van der Waals surface area contributed by atoms with Gasteiger partial charge in [0.05, 0.1) is 10.9 Å². The molecular weight excluding hydrogens is 290 g/mol. The van der Waals surface area contributed by atoms with Gasteiger partial charge in [-0.1, -0.05) is 0 Å². The van der Waals surface area contributed by atoms with E-state index in [0.717, 1.165) is 17.8 Å². The van der Waals surface area contributed by atoms with Crippen LogP contribution in [0.2, 0.25) is 0 Å². The third-order valence-corrected chi connectivity index (χ3v) is 4.80. The van der Waals surface area contributed by atoms with Crippen LogP contribution >= 0.6 is 11.3 Å². The maximum Gasteiger partial charge on any atom is 0.306 e. The zero-order valence-corrected chi connectivity index (χ0v) is 12.7. The average Bonchev–Trinajstić information content (AvgIpc) is 2.94. The predicted molar refractivity (Wildman–Crippen MR) is 80.3 cm³/mol. The highest BCUT2D eigenvalue weighted by Gasteiger charge is 2.26. The van der Waals surface area contributed by atoms with Crippen LogP contribution in [0.5, 0.6) is 0 Å². The van der Waals surface area contributed by atoms with Gasteiger partial charge in [-0.2, -0.15) is 0 Å². The minimum Gasteiger partial charge on any atom is -0.481 e. The molecule has 1 amide bonds. The maximum absolute atomic E-state index is 12.0. The van der Waals surface area contributed by atoms with Crippen molar-refractivity contribution in [1.29, 1.82) is 0 Å². The van der Waals surface area contributed by atoms with Crippen LogP contribution in [0.15, 0.2) is 5.38 Å². The summed E-state index contributed by atoms with van der Waals surface area (Å²) < 4.78 is 0. The minimum absolute atomic E-state index is 0.158. The van der Waals surface area contributed by atoms with Crippen LogP contribution in [-0.2, 0) is 11.2 Å². The predicted octanol–water partition coefficient (Wildman–Crippen LogP) is 1.27. The van der Waals surface area contributed by atoms with E-state index >= 15 is 0 Å². The summed E-state index contributed by atoms with van der Waals surface area (Å²) in [5, 5.41) is 14.5. The third kappa shape index (κ3) is 4.50. The van der Waals surface area contributed by atoms with Gasteiger partial charge in [-0.15, -0.1) is 11.3 Å². The molecule has 2 rings (SSSR count). The number of nitrogens with one attached hydrogen (secondary N) is 1. The lowest BCUT2D eigenvalue weighted by atomic mass is 9.82. The largest absolute Gasteiger partial charge is 0.481 e. The van der Waals surface area contributed by atoms with E-state index in [1.807, 2.05) is 0 Å². The van der Waals surface area contributed by atoms with Crippen LogP contribution < -0.4 is 11.1 Å². The highest BCUT2D eigenvalue weighted by Crippen LogP contribution is 2.28. The topological polar surface area (TPSA) is 105 Å². The summed E-state index contributed by atoms with van der Waals surface area (Å²) in [6.07, 6.45) is 3.80. The van der Waals surface area contributed by atoms with Gasteiger partial charge < -0.3 is 16.2 Å². The number of aromatic nitrogens is 1. The van der Waals surface area contributed by atoms with E-state index in [2.05, 4.69) is 10.3 Å². The number of carboxylic acids is 1. The summed E-state index contributed by atoms with van der Waals surface area (Å²) in [7, 11) is 0. The van der Waals surface area contributed by atoms with Crippen molar-refractivity contribution >= 4 is 23.2 Å². The monoisotopic (exact) mass is 311 g/mol. The molecule has 7 heteroatoms. The molecular formula is C14H21N3O3S. The number of carboxylic acid groups (broad SMARTS) is 1. The van der Waals surface area contributed by atoms with Gasteiger partial charge in [0, 0.05) is 18.3 Å². The van der Waals surface area contributed by atoms with E-state index in [1.54, 1.807) is 5.38 Å². The summed E-state index contributed by atoms with van der Waals surface area (Å²) >= 11 is 1.45. The standard InChI is InChI=1S/C14H21N3O3S/c15-6-5-12-17-11(8-21-12)13(18)16-7-9-1-3-10(4-2-9)14(19)20/h8-10H,1-7,15H2,(H,16,18)(H,19,20). The first kappa shape index (κ1) is 15.9. The molecule has 0 atom stereocenters. The molecule has 0 aliphatic heterocycles. The maximum atomic E-state index is 12.0. The smallest absolute Gasteiger partial charge is 0.306 e. The Labute approximate surface area is 127 Å². The molecule has 1 aliphatic carbocycles. The summed E-state index contributed by atoms with van der Waals surface area (Å²) in [5.41, 5.74) is 5.91. The third-order valence-electron chi connectivity index (χ3n) is 3.89. The number of thiazole rings is 1. The fourth-order valence-electron chi connectivity index (χ4n) is 2.59. The highest BCUT2D eigenvalue weighted by atomic mass is 32.1. The molecule has 1 saturated carbocycles. The molecule has 0 bridgehead atoms. The van der Waals surface area contributed by atoms with Gasteiger partial charge >= 0.3 is 5.97 Å². The average molecular weight is 311 g/mol. The van der Waals surface area contributed by atoms with E-state index in [1.165, 1.54) is 11.3 Å². The lowest BCUT2D eigenvalue weighted by molar-refractivity contribution is -0.143. The summed E-state index contributed by atoms with van der Waals surface area (Å²) in [6, 6.07) is 0. The number of aliphatic carboxylic acids is 1. The fraction of sp³-hybridized carbons (Fsp3) is 0.643. The molecule has 6 nitrogen and oxygen atoms in total. The quantitative estimate of drug-likeness (QED) is 0.733. The second kappa shape index (κ2) is 7.51. The first-order valence-electron chi connectivity index (χ1n) is 7.25. The number of carbonyl (C=O) groups excluding carboxylic acids is 1. The van der Waals surface area contributed by atoms with Crippen molar-refractivity contribution in [3.63, 3.8) is 0 Å². The normalized spacial score (nSPS) is 22.0. The molecule has 116 valence electrons. The van der Waals surface area contributed by atoms with Gasteiger partial charge in [-0.25, -0.2) is 4.98 Å². The minimum atomic E-state index is -0.701. The molecule has 0 spiro atoms. The van der Waals surface area contributed by atoms with Gasteiger partial charge in [0.25, 0.3) is 5.91 Å². The van der Waals surface area contributed by atoms with E-state index < -0.39 is 5.97 Å². The summed E-state index contributed by atoms with van der Waals surface area (Å²) in [6.45, 7) is 1.12. The number of rotatable bonds is 6. The fourth-order valence-corrected chi connectivity index (χ4v) is 3.39. The summed E-state index contributed by atoms with van der Waals surface area (Å²) in [5.74, 6) is -0.705. The molecule has 4 N–H and O–H groups in total. The van der Waals surface area contributed by atoms with Crippen molar-refractivity contribution < 1.29 is 14.7 Å². The van der Waals surface area contributed by atoms with Crippen LogP contribution in [0, 0.1) is 11.8 Å². The second-order valence-electron chi connectivity index (χ2n) is 5.43. The number of nitrogens with zero attached hydrogens (tertiary/aromatic N) is 1. The number of hydrogen-bond acceptors (Lipinski definition) is 5. The zero-order valence-electron chi connectivity index (χ0n) is 11.9. The van der Waals surface area contributed by atoms with E-state index in [9.17, 15) is 9.59 Å². The Kier molecular flexibility index (Phi) is 5.69. The van der Waals surface area contributed by atoms with E-state index in [0.29, 0.717) is 44.0 Å². The van der Waals surface area contributed by atoms with E-state index in [-0.39, 0.29) is 11.8 Å². The number of carbonyl (C=O) groups is 2. The van der Waals surface area contributed by atoms with Crippen LogP contribution in [0.1, 0.15) is 41.2 Å². The lowest BCUT2D eigenvalue weighted by Gasteiger charge is -2.26.